The van der Waals surface area contributed by atoms with E-state index >= 15 is 0 Å². The number of aromatic nitrogens is 1. The third kappa shape index (κ3) is 16.4. The maximum Gasteiger partial charge on any atom is 0.0403 e. The fraction of sp³-hybridized carbons (Fsp3) is 0.762. The van der Waals surface area contributed by atoms with E-state index in [2.05, 4.69) is 24.0 Å². The van der Waals surface area contributed by atoms with Crippen LogP contribution in [0.25, 0.3) is 0 Å². The van der Waals surface area contributed by atoms with Crippen LogP contribution < -0.4 is 6.15 Å². The highest BCUT2D eigenvalue weighted by molar-refractivity contribution is 8.93. The molecule has 0 saturated carbocycles. The summed E-state index contributed by atoms with van der Waals surface area (Å²) in [5.74, 6) is 0. The first-order valence-electron chi connectivity index (χ1n) is 9.83. The lowest BCUT2D eigenvalue weighted by Gasteiger charge is -2.03. The molecule has 1 aromatic heterocycles. The van der Waals surface area contributed by atoms with Crippen LogP contribution in [-0.4, -0.2) is 4.98 Å². The molecule has 0 aliphatic rings. The molecule has 0 aliphatic heterocycles. The lowest BCUT2D eigenvalue weighted by molar-refractivity contribution is 0.535. The van der Waals surface area contributed by atoms with Crippen LogP contribution in [0.4, 0.5) is 0 Å². The van der Waals surface area contributed by atoms with Gasteiger partial charge in [-0.1, -0.05) is 96.5 Å². The van der Waals surface area contributed by atoms with Gasteiger partial charge in [0.2, 0.25) is 0 Å². The first-order chi connectivity index (χ1) is 10.9. The van der Waals surface area contributed by atoms with Gasteiger partial charge in [0.1, 0.15) is 0 Å². The van der Waals surface area contributed by atoms with E-state index in [-0.39, 0.29) is 23.1 Å². The Labute approximate surface area is 161 Å². The Morgan fingerprint density at radius 2 is 1.12 bits per heavy atom. The van der Waals surface area contributed by atoms with Gasteiger partial charge in [0.05, 0.1) is 0 Å². The summed E-state index contributed by atoms with van der Waals surface area (Å²) in [5.41, 5.74) is 1.25. The average molecular weight is 401 g/mol. The van der Waals surface area contributed by atoms with E-state index in [1.54, 1.807) is 0 Å². The van der Waals surface area contributed by atoms with Crippen molar-refractivity contribution in [3.8, 4) is 0 Å². The van der Waals surface area contributed by atoms with Gasteiger partial charge >= 0.3 is 0 Å². The molecule has 0 bridgehead atoms. The number of pyridine rings is 1. The summed E-state index contributed by atoms with van der Waals surface area (Å²) >= 11 is 0. The summed E-state index contributed by atoms with van der Waals surface area (Å²) in [7, 11) is 0. The molecule has 24 heavy (non-hydrogen) atoms. The molecule has 2 nitrogen and oxygen atoms in total. The predicted octanol–water partition coefficient (Wildman–Crippen LogP) is 7.85. The molecule has 0 amide bonds. The fourth-order valence-corrected chi connectivity index (χ4v) is 3.05. The molecule has 0 aliphatic carbocycles. The summed E-state index contributed by atoms with van der Waals surface area (Å²) < 4.78 is 0. The van der Waals surface area contributed by atoms with Crippen molar-refractivity contribution in [3.05, 3.63) is 30.1 Å². The van der Waals surface area contributed by atoms with Gasteiger partial charge in [-0.05, 0) is 25.0 Å². The number of unbranched alkanes of at least 4 members (excludes halogenated alkanes) is 13. The zero-order chi connectivity index (χ0) is 15.7. The largest absolute Gasteiger partial charge is 0.344 e. The van der Waals surface area contributed by atoms with Gasteiger partial charge in [-0.2, -0.15) is 0 Å². The molecule has 3 heteroatoms. The van der Waals surface area contributed by atoms with Crippen LogP contribution in [0.5, 0.6) is 0 Å². The van der Waals surface area contributed by atoms with Crippen LogP contribution in [0.15, 0.2) is 24.4 Å². The molecule has 142 valence electrons. The molecule has 0 unspecified atom stereocenters. The molecular weight excluding hydrogens is 360 g/mol. The quantitative estimate of drug-likeness (QED) is 0.304. The smallest absolute Gasteiger partial charge is 0.0403 e. The standard InChI is InChI=1S/C21H37N.BrH.H3N/c1-2-3-4-5-6-7-8-9-10-11-12-13-14-15-18-21-19-16-17-20-22-21;;/h16-17,19-20H,2-15,18H2,1H3;1H;1H3. The van der Waals surface area contributed by atoms with Crippen LogP contribution in [0.1, 0.15) is 103 Å². The molecule has 0 aromatic carbocycles. The minimum Gasteiger partial charge on any atom is -0.344 e. The van der Waals surface area contributed by atoms with Gasteiger partial charge in [-0.25, -0.2) is 0 Å². The Bertz CT molecular complexity index is 330. The van der Waals surface area contributed by atoms with Gasteiger partial charge < -0.3 is 6.15 Å². The number of hydrogen-bond acceptors (Lipinski definition) is 2. The summed E-state index contributed by atoms with van der Waals surface area (Å²) in [6, 6.07) is 6.23. The van der Waals surface area contributed by atoms with Crippen LogP contribution in [0, 0.1) is 0 Å². The second kappa shape index (κ2) is 20.6. The van der Waals surface area contributed by atoms with Crippen molar-refractivity contribution in [1.82, 2.24) is 11.1 Å². The van der Waals surface area contributed by atoms with E-state index < -0.39 is 0 Å². The monoisotopic (exact) mass is 400 g/mol. The molecule has 3 N–H and O–H groups in total. The van der Waals surface area contributed by atoms with Crippen LogP contribution in [0.2, 0.25) is 0 Å². The fourth-order valence-electron chi connectivity index (χ4n) is 3.05. The maximum absolute atomic E-state index is 4.38. The Kier molecular flexibility index (Phi) is 22.2. The summed E-state index contributed by atoms with van der Waals surface area (Å²) in [6.45, 7) is 2.29. The Hall–Kier alpha value is -0.410. The van der Waals surface area contributed by atoms with Crippen molar-refractivity contribution >= 4 is 17.0 Å². The van der Waals surface area contributed by atoms with Gasteiger partial charge in [0.25, 0.3) is 0 Å². The zero-order valence-electron chi connectivity index (χ0n) is 16.0. The van der Waals surface area contributed by atoms with Crippen LogP contribution in [0.3, 0.4) is 0 Å². The Morgan fingerprint density at radius 1 is 0.667 bits per heavy atom. The SMILES string of the molecule is Br.CCCCCCCCCCCCCCCCc1ccccn1.N. The minimum atomic E-state index is 0. The van der Waals surface area contributed by atoms with E-state index in [9.17, 15) is 0 Å². The third-order valence-corrected chi connectivity index (χ3v) is 4.51. The van der Waals surface area contributed by atoms with Crippen LogP contribution in [-0.2, 0) is 6.42 Å². The van der Waals surface area contributed by atoms with Crippen molar-refractivity contribution < 1.29 is 0 Å². The van der Waals surface area contributed by atoms with Gasteiger partial charge in [-0.3, -0.25) is 4.98 Å². The number of halogens is 1. The first-order valence-corrected chi connectivity index (χ1v) is 9.83. The molecule has 1 rings (SSSR count). The lowest BCUT2D eigenvalue weighted by atomic mass is 10.0. The molecule has 0 spiro atoms. The number of hydrogen-bond donors (Lipinski definition) is 1. The third-order valence-electron chi connectivity index (χ3n) is 4.51. The lowest BCUT2D eigenvalue weighted by Crippen LogP contribution is -1.89. The van der Waals surface area contributed by atoms with Crippen LogP contribution >= 0.6 is 17.0 Å². The Morgan fingerprint density at radius 3 is 1.54 bits per heavy atom. The van der Waals surface area contributed by atoms with E-state index in [1.165, 1.54) is 95.6 Å². The van der Waals surface area contributed by atoms with Crippen molar-refractivity contribution in [3.63, 3.8) is 0 Å². The second-order valence-electron chi connectivity index (χ2n) is 6.67. The number of rotatable bonds is 15. The highest BCUT2D eigenvalue weighted by Crippen LogP contribution is 2.13. The van der Waals surface area contributed by atoms with E-state index in [0.29, 0.717) is 0 Å². The van der Waals surface area contributed by atoms with Crippen molar-refractivity contribution in [2.75, 3.05) is 0 Å². The van der Waals surface area contributed by atoms with E-state index in [1.807, 2.05) is 12.3 Å². The van der Waals surface area contributed by atoms with Crippen molar-refractivity contribution in [2.24, 2.45) is 0 Å². The molecule has 0 fully saturated rings. The number of nitrogens with zero attached hydrogens (tertiary/aromatic N) is 1. The maximum atomic E-state index is 4.38. The highest BCUT2D eigenvalue weighted by Gasteiger charge is 1.95. The zero-order valence-corrected chi connectivity index (χ0v) is 17.7. The van der Waals surface area contributed by atoms with Crippen molar-refractivity contribution in [1.29, 1.82) is 0 Å². The Balaban J connectivity index is 0. The first kappa shape index (κ1) is 25.8. The second-order valence-corrected chi connectivity index (χ2v) is 6.67. The summed E-state index contributed by atoms with van der Waals surface area (Å²) in [4.78, 5) is 4.38. The number of aryl methyl sites for hydroxylation is 1. The normalized spacial score (nSPS) is 10.0. The van der Waals surface area contributed by atoms with Gasteiger partial charge in [0.15, 0.2) is 0 Å². The molecule has 0 saturated heterocycles. The molecule has 1 heterocycles. The average Bonchev–Trinajstić information content (AvgIpc) is 2.56. The molecule has 0 radical (unpaired) electrons. The molecular formula is C21H41BrN2. The van der Waals surface area contributed by atoms with E-state index in [0.717, 1.165) is 6.42 Å². The van der Waals surface area contributed by atoms with E-state index in [4.69, 9.17) is 0 Å². The summed E-state index contributed by atoms with van der Waals surface area (Å²) in [5, 5.41) is 0. The predicted molar refractivity (Wildman–Crippen MR) is 114 cm³/mol. The minimum absolute atomic E-state index is 0. The van der Waals surface area contributed by atoms with Crippen molar-refractivity contribution in [2.45, 2.75) is 103 Å². The van der Waals surface area contributed by atoms with Gasteiger partial charge in [-0.15, -0.1) is 17.0 Å². The summed E-state index contributed by atoms with van der Waals surface area (Å²) in [6.07, 6.45) is 23.0. The topological polar surface area (TPSA) is 47.9 Å². The highest BCUT2D eigenvalue weighted by atomic mass is 79.9. The molecule has 0 atom stereocenters. The molecule has 1 aromatic rings. The van der Waals surface area contributed by atoms with Gasteiger partial charge in [0, 0.05) is 11.9 Å².